The third kappa shape index (κ3) is 8.29. The maximum atomic E-state index is 13.8. The minimum atomic E-state index is -0.284. The van der Waals surface area contributed by atoms with Gasteiger partial charge in [0.05, 0.1) is 35.2 Å². The van der Waals surface area contributed by atoms with E-state index in [2.05, 4.69) is 0 Å². The maximum Gasteiger partial charge on any atom is 0.263 e. The van der Waals surface area contributed by atoms with Crippen molar-refractivity contribution in [1.29, 1.82) is 0 Å². The van der Waals surface area contributed by atoms with Gasteiger partial charge in [-0.25, -0.2) is 0 Å². The molecule has 53 heavy (non-hydrogen) atoms. The van der Waals surface area contributed by atoms with Gasteiger partial charge in [0.2, 0.25) is 0 Å². The number of benzene rings is 4. The Morgan fingerprint density at radius 1 is 0.547 bits per heavy atom. The molecule has 6 rings (SSSR count). The smallest absolute Gasteiger partial charge is 0.263 e. The van der Waals surface area contributed by atoms with Gasteiger partial charge in [0, 0.05) is 60.1 Å². The van der Waals surface area contributed by atoms with E-state index in [1.807, 2.05) is 135 Å². The van der Waals surface area contributed by atoms with Crippen LogP contribution in [0.3, 0.4) is 0 Å². The molecule has 0 aliphatic heterocycles. The molecule has 0 radical (unpaired) electrons. The maximum absolute atomic E-state index is 13.8. The molecule has 4 aromatic carbocycles. The van der Waals surface area contributed by atoms with Gasteiger partial charge in [-0.3, -0.25) is 19.2 Å². The number of fused-ring (bicyclic) bond motifs is 2. The Morgan fingerprint density at radius 3 is 1.30 bits per heavy atom. The number of pyridine rings is 2. The Morgan fingerprint density at radius 2 is 0.943 bits per heavy atom. The summed E-state index contributed by atoms with van der Waals surface area (Å²) in [5, 5.41) is 1.78. The number of aromatic nitrogens is 2. The largest absolute Gasteiger partial charge is 0.378 e. The normalized spacial score (nSPS) is 11.2. The Balaban J connectivity index is 1.18. The van der Waals surface area contributed by atoms with Crippen LogP contribution >= 0.6 is 23.5 Å². The summed E-state index contributed by atoms with van der Waals surface area (Å²) in [7, 11) is 7.88. The molecule has 2 heterocycles. The fourth-order valence-electron chi connectivity index (χ4n) is 6.52. The Hall–Kier alpha value is -5.06. The van der Waals surface area contributed by atoms with Crippen LogP contribution in [0, 0.1) is 0 Å². The molecule has 0 aliphatic carbocycles. The number of rotatable bonds is 16. The molecule has 0 fully saturated rings. The molecule has 0 bridgehead atoms. The lowest BCUT2D eigenvalue weighted by atomic mass is 10.1. The van der Waals surface area contributed by atoms with Crippen molar-refractivity contribution in [2.75, 3.05) is 49.5 Å². The number of carbonyl (C=O) groups is 2. The van der Waals surface area contributed by atoms with Crippen molar-refractivity contribution < 1.29 is 9.59 Å². The third-order valence-corrected chi connectivity index (χ3v) is 11.8. The number of nitrogens with zero attached hydrogens (tertiary/aromatic N) is 4. The average molecular weight is 745 g/mol. The van der Waals surface area contributed by atoms with Gasteiger partial charge >= 0.3 is 0 Å². The standard InChI is InChI=1S/C43H44N4O4S2/c1-44(2)32-18-20-34-38(24-32)46(26-30-14-8-5-9-15-30)42(50)36(28-48)40(34)52-22-12-7-13-23-53-41-35-21-19-33(45(3)4)25-39(35)47(43(51)37(41)29-49)27-31-16-10-6-11-17-31/h5-6,8-11,14-21,24-25,28-29H,7,12-13,22-23,26-27H2,1-4H3. The van der Waals surface area contributed by atoms with Crippen LogP contribution in [0.5, 0.6) is 0 Å². The lowest BCUT2D eigenvalue weighted by molar-refractivity contribution is 0.111. The molecule has 0 saturated carbocycles. The van der Waals surface area contributed by atoms with Crippen molar-refractivity contribution in [2.45, 2.75) is 42.1 Å². The molecule has 0 spiro atoms. The fraction of sp³-hybridized carbons (Fsp3) is 0.256. The molecule has 0 N–H and O–H groups in total. The fourth-order valence-corrected chi connectivity index (χ4v) is 8.86. The van der Waals surface area contributed by atoms with Crippen molar-refractivity contribution in [3.05, 3.63) is 140 Å². The summed E-state index contributed by atoms with van der Waals surface area (Å²) in [6.07, 6.45) is 4.06. The van der Waals surface area contributed by atoms with E-state index in [0.29, 0.717) is 25.7 Å². The summed E-state index contributed by atoms with van der Waals surface area (Å²) in [5.74, 6) is 1.48. The summed E-state index contributed by atoms with van der Waals surface area (Å²) in [6, 6.07) is 31.7. The minimum absolute atomic E-state index is 0.194. The van der Waals surface area contributed by atoms with E-state index in [1.54, 1.807) is 32.7 Å². The molecule has 0 amide bonds. The van der Waals surface area contributed by atoms with Crippen LogP contribution in [0.4, 0.5) is 11.4 Å². The second-order valence-corrected chi connectivity index (χ2v) is 15.6. The van der Waals surface area contributed by atoms with Gasteiger partial charge in [-0.2, -0.15) is 0 Å². The summed E-state index contributed by atoms with van der Waals surface area (Å²) < 4.78 is 3.42. The molecule has 2 aromatic heterocycles. The zero-order valence-electron chi connectivity index (χ0n) is 30.6. The van der Waals surface area contributed by atoms with E-state index in [-0.39, 0.29) is 22.2 Å². The second kappa shape index (κ2) is 17.2. The van der Waals surface area contributed by atoms with Gasteiger partial charge in [0.1, 0.15) is 0 Å². The van der Waals surface area contributed by atoms with Gasteiger partial charge in [0.25, 0.3) is 11.1 Å². The van der Waals surface area contributed by atoms with Crippen molar-refractivity contribution >= 4 is 69.3 Å². The first-order valence-corrected chi connectivity index (χ1v) is 19.7. The molecule has 0 atom stereocenters. The topological polar surface area (TPSA) is 84.6 Å². The number of thioether (sulfide) groups is 2. The van der Waals surface area contributed by atoms with Gasteiger partial charge in [-0.15, -0.1) is 23.5 Å². The third-order valence-electron chi connectivity index (χ3n) is 9.39. The van der Waals surface area contributed by atoms with E-state index >= 15 is 0 Å². The zero-order chi connectivity index (χ0) is 37.5. The van der Waals surface area contributed by atoms with E-state index in [9.17, 15) is 19.2 Å². The molecule has 0 aliphatic rings. The van der Waals surface area contributed by atoms with E-state index < -0.39 is 0 Å². The summed E-state index contributed by atoms with van der Waals surface area (Å²) in [5.41, 5.74) is 5.35. The highest BCUT2D eigenvalue weighted by molar-refractivity contribution is 7.99. The van der Waals surface area contributed by atoms with Gasteiger partial charge in [-0.1, -0.05) is 67.1 Å². The number of aldehydes is 2. The number of anilines is 2. The van der Waals surface area contributed by atoms with Crippen LogP contribution in [0.2, 0.25) is 0 Å². The Bertz CT molecular complexity index is 2200. The highest BCUT2D eigenvalue weighted by Crippen LogP contribution is 2.34. The molecule has 6 aromatic rings. The van der Waals surface area contributed by atoms with Gasteiger partial charge in [-0.05, 0) is 71.9 Å². The lowest BCUT2D eigenvalue weighted by Gasteiger charge is -2.19. The number of unbranched alkanes of at least 4 members (excludes halogenated alkanes) is 2. The first kappa shape index (κ1) is 37.7. The van der Waals surface area contributed by atoms with Crippen LogP contribution in [0.1, 0.15) is 51.1 Å². The van der Waals surface area contributed by atoms with Crippen LogP contribution < -0.4 is 20.9 Å². The number of hydrogen-bond donors (Lipinski definition) is 0. The minimum Gasteiger partial charge on any atom is -0.378 e. The van der Waals surface area contributed by atoms with Crippen molar-refractivity contribution in [2.24, 2.45) is 0 Å². The van der Waals surface area contributed by atoms with E-state index in [0.717, 1.165) is 84.9 Å². The van der Waals surface area contributed by atoms with Crippen LogP contribution in [-0.2, 0) is 13.1 Å². The van der Waals surface area contributed by atoms with Crippen LogP contribution in [-0.4, -0.2) is 61.4 Å². The molecule has 0 saturated heterocycles. The van der Waals surface area contributed by atoms with Crippen molar-refractivity contribution in [3.63, 3.8) is 0 Å². The number of carbonyl (C=O) groups excluding carboxylic acids is 2. The SMILES string of the molecule is CN(C)c1ccc2c(SCCCCCSc3c(C=O)c(=O)n(Cc4ccccc4)c4cc(N(C)C)ccc34)c(C=O)c(=O)n(Cc3ccccc3)c2c1. The highest BCUT2D eigenvalue weighted by atomic mass is 32.2. The van der Waals surface area contributed by atoms with E-state index in [1.165, 1.54) is 0 Å². The van der Waals surface area contributed by atoms with Crippen molar-refractivity contribution in [3.8, 4) is 0 Å². The first-order valence-electron chi connectivity index (χ1n) is 17.7. The Kier molecular flexibility index (Phi) is 12.2. The quantitative estimate of drug-likeness (QED) is 0.0557. The molecule has 8 nitrogen and oxygen atoms in total. The predicted octanol–water partition coefficient (Wildman–Crippen LogP) is 8.22. The monoisotopic (exact) mass is 744 g/mol. The predicted molar refractivity (Wildman–Crippen MR) is 222 cm³/mol. The summed E-state index contributed by atoms with van der Waals surface area (Å²) in [6.45, 7) is 0.743. The van der Waals surface area contributed by atoms with Crippen molar-refractivity contribution in [1.82, 2.24) is 9.13 Å². The molecular formula is C43H44N4O4S2. The zero-order valence-corrected chi connectivity index (χ0v) is 32.2. The lowest BCUT2D eigenvalue weighted by Crippen LogP contribution is -2.26. The van der Waals surface area contributed by atoms with Crippen LogP contribution in [0.25, 0.3) is 21.8 Å². The summed E-state index contributed by atoms with van der Waals surface area (Å²) in [4.78, 5) is 57.9. The van der Waals surface area contributed by atoms with Gasteiger partial charge in [0.15, 0.2) is 12.6 Å². The molecule has 272 valence electrons. The molecule has 0 unspecified atom stereocenters. The highest BCUT2D eigenvalue weighted by Gasteiger charge is 2.20. The number of hydrogen-bond acceptors (Lipinski definition) is 8. The second-order valence-electron chi connectivity index (χ2n) is 13.4. The van der Waals surface area contributed by atoms with Crippen LogP contribution in [0.15, 0.2) is 116 Å². The molecule has 10 heteroatoms. The van der Waals surface area contributed by atoms with Gasteiger partial charge < -0.3 is 18.9 Å². The molecular weight excluding hydrogens is 701 g/mol. The average Bonchev–Trinajstić information content (AvgIpc) is 3.17. The van der Waals surface area contributed by atoms with E-state index in [4.69, 9.17) is 0 Å². The first-order chi connectivity index (χ1) is 25.7. The summed E-state index contributed by atoms with van der Waals surface area (Å²) >= 11 is 3.11. The Labute approximate surface area is 318 Å².